The summed E-state index contributed by atoms with van der Waals surface area (Å²) in [5.41, 5.74) is 4.72. The molecule has 0 heterocycles. The predicted molar refractivity (Wildman–Crippen MR) is 130 cm³/mol. The van der Waals surface area contributed by atoms with Gasteiger partial charge in [0.15, 0.2) is 0 Å². The molecule has 0 radical (unpaired) electrons. The second-order valence-corrected chi connectivity index (χ2v) is 10.8. The third-order valence-electron chi connectivity index (χ3n) is 8.72. The van der Waals surface area contributed by atoms with Crippen LogP contribution in [0, 0.1) is 17.3 Å². The third-order valence-corrected chi connectivity index (χ3v) is 8.72. The Morgan fingerprint density at radius 2 is 1.84 bits per heavy atom. The van der Waals surface area contributed by atoms with Gasteiger partial charge in [0.1, 0.15) is 12.4 Å². The molecule has 5 atom stereocenters. The van der Waals surface area contributed by atoms with Crippen molar-refractivity contribution >= 4 is 0 Å². The van der Waals surface area contributed by atoms with Gasteiger partial charge in [-0.15, -0.1) is 0 Å². The van der Waals surface area contributed by atoms with Gasteiger partial charge in [0.2, 0.25) is 0 Å². The Bertz CT molecular complexity index is 911. The van der Waals surface area contributed by atoms with Crippen molar-refractivity contribution in [2.45, 2.75) is 64.1 Å². The van der Waals surface area contributed by atoms with Crippen LogP contribution in [0.15, 0.2) is 48.5 Å². The molecule has 0 aromatic heterocycles. The predicted octanol–water partition coefficient (Wildman–Crippen LogP) is 6.07. The first kappa shape index (κ1) is 22.0. The van der Waals surface area contributed by atoms with E-state index in [1.54, 1.807) is 5.56 Å². The molecule has 3 heteroatoms. The van der Waals surface area contributed by atoms with E-state index in [2.05, 4.69) is 74.4 Å². The summed E-state index contributed by atoms with van der Waals surface area (Å²) < 4.78 is 12.6. The van der Waals surface area contributed by atoms with Crippen LogP contribution in [0.5, 0.6) is 5.75 Å². The zero-order valence-corrected chi connectivity index (χ0v) is 20.1. The Morgan fingerprint density at radius 1 is 1.00 bits per heavy atom. The summed E-state index contributed by atoms with van der Waals surface area (Å²) in [5, 5.41) is 0. The molecule has 0 unspecified atom stereocenters. The number of fused-ring (bicyclic) bond motifs is 5. The standard InChI is InChI=1S/C29H39NO2/c1-29-16-15-25-24-12-10-23(32-20-21-7-5-4-6-8-21)19-22(24)9-11-26(25)27(29)13-14-28(29)31-18-17-30(2)3/h4-8,10,12,19,25-28H,9,11,13-18,20H2,1-3H3/t25-,26-,27+,28+,29+/m1/s1. The lowest BCUT2D eigenvalue weighted by Crippen LogP contribution is -2.45. The number of aryl methyl sites for hydroxylation is 1. The van der Waals surface area contributed by atoms with E-state index in [4.69, 9.17) is 9.47 Å². The maximum atomic E-state index is 6.46. The summed E-state index contributed by atoms with van der Waals surface area (Å²) in [6.07, 6.45) is 8.17. The summed E-state index contributed by atoms with van der Waals surface area (Å²) in [6.45, 7) is 5.06. The molecule has 0 saturated heterocycles. The first-order valence-electron chi connectivity index (χ1n) is 12.6. The van der Waals surface area contributed by atoms with Crippen LogP contribution in [0.4, 0.5) is 0 Å². The van der Waals surface area contributed by atoms with E-state index in [0.29, 0.717) is 18.1 Å². The fourth-order valence-electron chi connectivity index (χ4n) is 6.99. The zero-order chi connectivity index (χ0) is 22.1. The van der Waals surface area contributed by atoms with Crippen LogP contribution in [0.2, 0.25) is 0 Å². The van der Waals surface area contributed by atoms with Crippen LogP contribution in [-0.2, 0) is 17.8 Å². The summed E-state index contributed by atoms with van der Waals surface area (Å²) in [4.78, 5) is 2.22. The van der Waals surface area contributed by atoms with Gasteiger partial charge in [-0.3, -0.25) is 0 Å². The first-order valence-corrected chi connectivity index (χ1v) is 12.6. The lowest BCUT2D eigenvalue weighted by molar-refractivity contribution is -0.0661. The maximum absolute atomic E-state index is 6.46. The minimum absolute atomic E-state index is 0.365. The first-order chi connectivity index (χ1) is 15.5. The van der Waals surface area contributed by atoms with E-state index < -0.39 is 0 Å². The van der Waals surface area contributed by atoms with E-state index >= 15 is 0 Å². The molecule has 172 valence electrons. The Balaban J connectivity index is 1.26. The van der Waals surface area contributed by atoms with E-state index in [9.17, 15) is 0 Å². The molecule has 2 fully saturated rings. The van der Waals surface area contributed by atoms with E-state index in [-0.39, 0.29) is 0 Å². The average molecular weight is 434 g/mol. The number of nitrogens with zero attached hydrogens (tertiary/aromatic N) is 1. The van der Waals surface area contributed by atoms with Gasteiger partial charge in [0, 0.05) is 6.54 Å². The van der Waals surface area contributed by atoms with Gasteiger partial charge in [0.05, 0.1) is 12.7 Å². The molecule has 32 heavy (non-hydrogen) atoms. The van der Waals surface area contributed by atoms with Crippen LogP contribution in [0.1, 0.15) is 61.6 Å². The number of ether oxygens (including phenoxy) is 2. The average Bonchev–Trinajstić information content (AvgIpc) is 3.14. The Hall–Kier alpha value is -1.84. The molecule has 2 saturated carbocycles. The molecule has 5 rings (SSSR count). The van der Waals surface area contributed by atoms with Gasteiger partial charge in [-0.2, -0.15) is 0 Å². The highest BCUT2D eigenvalue weighted by molar-refractivity contribution is 5.41. The van der Waals surface area contributed by atoms with Crippen LogP contribution in [0.25, 0.3) is 0 Å². The van der Waals surface area contributed by atoms with Crippen molar-refractivity contribution in [2.24, 2.45) is 17.3 Å². The van der Waals surface area contributed by atoms with Crippen molar-refractivity contribution in [3.05, 3.63) is 65.2 Å². The van der Waals surface area contributed by atoms with E-state index in [1.165, 1.54) is 49.7 Å². The topological polar surface area (TPSA) is 21.7 Å². The Kier molecular flexibility index (Phi) is 6.31. The number of benzene rings is 2. The van der Waals surface area contributed by atoms with Crippen LogP contribution < -0.4 is 4.74 Å². The molecular formula is C29H39NO2. The van der Waals surface area contributed by atoms with Crippen molar-refractivity contribution in [1.29, 1.82) is 0 Å². The Labute approximate surface area is 194 Å². The molecule has 0 amide bonds. The summed E-state index contributed by atoms with van der Waals surface area (Å²) in [6, 6.07) is 17.4. The highest BCUT2D eigenvalue weighted by Crippen LogP contribution is 2.61. The number of likely N-dealkylation sites (N-methyl/N-ethyl adjacent to an activating group) is 1. The molecule has 3 aliphatic rings. The minimum atomic E-state index is 0.365. The Morgan fingerprint density at radius 3 is 2.66 bits per heavy atom. The summed E-state index contributed by atoms with van der Waals surface area (Å²) >= 11 is 0. The normalized spacial score (nSPS) is 31.1. The van der Waals surface area contributed by atoms with Crippen molar-refractivity contribution in [1.82, 2.24) is 4.90 Å². The maximum Gasteiger partial charge on any atom is 0.120 e. The largest absolute Gasteiger partial charge is 0.489 e. The van der Waals surface area contributed by atoms with Gasteiger partial charge >= 0.3 is 0 Å². The van der Waals surface area contributed by atoms with Crippen molar-refractivity contribution in [2.75, 3.05) is 27.2 Å². The van der Waals surface area contributed by atoms with Gasteiger partial charge in [-0.05, 0) is 105 Å². The number of hydrogen-bond donors (Lipinski definition) is 0. The minimum Gasteiger partial charge on any atom is -0.489 e. The smallest absolute Gasteiger partial charge is 0.120 e. The highest BCUT2D eigenvalue weighted by atomic mass is 16.5. The van der Waals surface area contributed by atoms with Crippen LogP contribution in [0.3, 0.4) is 0 Å². The quantitative estimate of drug-likeness (QED) is 0.529. The monoisotopic (exact) mass is 433 g/mol. The van der Waals surface area contributed by atoms with Gasteiger partial charge < -0.3 is 14.4 Å². The fourth-order valence-corrected chi connectivity index (χ4v) is 6.99. The van der Waals surface area contributed by atoms with E-state index in [0.717, 1.165) is 36.7 Å². The molecule has 2 aromatic carbocycles. The zero-order valence-electron chi connectivity index (χ0n) is 20.1. The molecule has 3 nitrogen and oxygen atoms in total. The molecular weight excluding hydrogens is 394 g/mol. The lowest BCUT2D eigenvalue weighted by Gasteiger charge is -2.50. The molecule has 0 bridgehead atoms. The highest BCUT2D eigenvalue weighted by Gasteiger charge is 2.55. The number of hydrogen-bond acceptors (Lipinski definition) is 3. The second-order valence-electron chi connectivity index (χ2n) is 10.8. The molecule has 0 spiro atoms. The summed E-state index contributed by atoms with van der Waals surface area (Å²) in [7, 11) is 4.26. The third kappa shape index (κ3) is 4.22. The van der Waals surface area contributed by atoms with Gasteiger partial charge in [0.25, 0.3) is 0 Å². The number of rotatable bonds is 7. The van der Waals surface area contributed by atoms with E-state index in [1.807, 2.05) is 0 Å². The molecule has 0 N–H and O–H groups in total. The molecule has 2 aromatic rings. The van der Waals surface area contributed by atoms with Gasteiger partial charge in [-0.25, -0.2) is 0 Å². The second kappa shape index (κ2) is 9.19. The summed E-state index contributed by atoms with van der Waals surface area (Å²) in [5.74, 6) is 3.37. The van der Waals surface area contributed by atoms with Crippen molar-refractivity contribution in [3.8, 4) is 5.75 Å². The van der Waals surface area contributed by atoms with Crippen LogP contribution >= 0.6 is 0 Å². The molecule has 3 aliphatic carbocycles. The van der Waals surface area contributed by atoms with Crippen molar-refractivity contribution in [3.63, 3.8) is 0 Å². The molecule has 0 aliphatic heterocycles. The fraction of sp³-hybridized carbons (Fsp3) is 0.586. The SMILES string of the molecule is CN(C)CCO[C@H]1CC[C@H]2[C@@H]3CCc4cc(OCc5ccccc5)ccc4[C@H]3CC[C@]12C. The van der Waals surface area contributed by atoms with Crippen LogP contribution in [-0.4, -0.2) is 38.3 Å². The van der Waals surface area contributed by atoms with Gasteiger partial charge in [-0.1, -0.05) is 43.3 Å². The lowest BCUT2D eigenvalue weighted by atomic mass is 9.55. The van der Waals surface area contributed by atoms with Crippen molar-refractivity contribution < 1.29 is 9.47 Å².